The fourth-order valence-corrected chi connectivity index (χ4v) is 3.75. The average molecular weight is 262 g/mol. The van der Waals surface area contributed by atoms with Crippen LogP contribution in [0.2, 0.25) is 0 Å². The second-order valence-corrected chi connectivity index (χ2v) is 6.43. The topological polar surface area (TPSA) is 26.3 Å². The van der Waals surface area contributed by atoms with Crippen LogP contribution in [0.3, 0.4) is 0 Å². The second kappa shape index (κ2) is 6.98. The Bertz CT molecular complexity index is 326. The van der Waals surface area contributed by atoms with Gasteiger partial charge < -0.3 is 4.74 Å². The van der Waals surface area contributed by atoms with Crippen LogP contribution >= 0.6 is 0 Å². The summed E-state index contributed by atoms with van der Waals surface area (Å²) in [5.74, 6) is 4.85. The number of carbonyl (C=O) groups is 1. The summed E-state index contributed by atoms with van der Waals surface area (Å²) in [5, 5.41) is 0. The van der Waals surface area contributed by atoms with E-state index in [-0.39, 0.29) is 18.5 Å². The van der Waals surface area contributed by atoms with Gasteiger partial charge in [0.15, 0.2) is 0 Å². The van der Waals surface area contributed by atoms with Crippen molar-refractivity contribution in [3.63, 3.8) is 0 Å². The molecule has 0 aromatic heterocycles. The lowest BCUT2D eigenvalue weighted by Gasteiger charge is -2.37. The van der Waals surface area contributed by atoms with Gasteiger partial charge in [0.25, 0.3) is 0 Å². The molecule has 0 atom stereocenters. The van der Waals surface area contributed by atoms with E-state index < -0.39 is 0 Å². The molecule has 2 nitrogen and oxygen atoms in total. The molecule has 0 radical (unpaired) electrons. The first-order valence-electron chi connectivity index (χ1n) is 7.82. The summed E-state index contributed by atoms with van der Waals surface area (Å²) in [4.78, 5) is 11.4. The first kappa shape index (κ1) is 14.4. The predicted octanol–water partition coefficient (Wildman–Crippen LogP) is 3.94. The fourth-order valence-electron chi connectivity index (χ4n) is 3.75. The molecular weight excluding hydrogens is 236 g/mol. The minimum atomic E-state index is -0.225. The van der Waals surface area contributed by atoms with E-state index in [1.807, 2.05) is 0 Å². The molecule has 0 amide bonds. The minimum Gasteiger partial charge on any atom is -0.462 e. The van der Waals surface area contributed by atoms with E-state index >= 15 is 0 Å². The molecule has 106 valence electrons. The van der Waals surface area contributed by atoms with Gasteiger partial charge in [-0.1, -0.05) is 25.7 Å². The summed E-state index contributed by atoms with van der Waals surface area (Å²) in [6, 6.07) is 0. The maximum atomic E-state index is 11.4. The van der Waals surface area contributed by atoms with E-state index in [0.717, 1.165) is 30.6 Å². The lowest BCUT2D eigenvalue weighted by Crippen LogP contribution is -2.29. The smallest absolute Gasteiger partial charge is 0.318 e. The van der Waals surface area contributed by atoms with Gasteiger partial charge in [0.05, 0.1) is 0 Å². The Labute approximate surface area is 117 Å². The summed E-state index contributed by atoms with van der Waals surface area (Å²) < 4.78 is 5.40. The van der Waals surface area contributed by atoms with Crippen LogP contribution in [-0.4, -0.2) is 12.1 Å². The van der Waals surface area contributed by atoms with Gasteiger partial charge in [-0.15, -0.1) is 6.42 Å². The summed E-state index contributed by atoms with van der Waals surface area (Å²) in [6.07, 6.45) is 15.5. The van der Waals surface area contributed by atoms with E-state index in [1.54, 1.807) is 0 Å². The molecule has 2 fully saturated rings. The van der Waals surface area contributed by atoms with Gasteiger partial charge in [-0.3, -0.25) is 4.79 Å². The molecule has 2 rings (SSSR count). The molecule has 0 unspecified atom stereocenters. The third-order valence-electron chi connectivity index (χ3n) is 4.99. The van der Waals surface area contributed by atoms with Crippen molar-refractivity contribution in [2.24, 2.45) is 17.8 Å². The summed E-state index contributed by atoms with van der Waals surface area (Å²) in [6.45, 7) is 2.37. The second-order valence-electron chi connectivity index (χ2n) is 6.43. The number of hydrogen-bond donors (Lipinski definition) is 0. The Morgan fingerprint density at radius 2 is 1.58 bits per heavy atom. The minimum absolute atomic E-state index is 0.112. The zero-order valence-electron chi connectivity index (χ0n) is 12.1. The number of esters is 1. The molecule has 2 heteroatoms. The van der Waals surface area contributed by atoms with Crippen LogP contribution in [0, 0.1) is 30.1 Å². The predicted molar refractivity (Wildman–Crippen MR) is 76.4 cm³/mol. The zero-order chi connectivity index (χ0) is 13.7. The van der Waals surface area contributed by atoms with Crippen molar-refractivity contribution in [1.29, 1.82) is 0 Å². The molecule has 19 heavy (non-hydrogen) atoms. The van der Waals surface area contributed by atoms with Crippen LogP contribution in [-0.2, 0) is 9.53 Å². The highest BCUT2D eigenvalue weighted by Crippen LogP contribution is 2.40. The normalized spacial score (nSPS) is 35.4. The SMILES string of the molecule is C#CCC(=O)OC1CCC(C2CCC(C)CC2)CC1. The van der Waals surface area contributed by atoms with Gasteiger partial charge in [-0.25, -0.2) is 0 Å². The molecule has 0 aliphatic heterocycles. The third-order valence-corrected chi connectivity index (χ3v) is 4.99. The van der Waals surface area contributed by atoms with Gasteiger partial charge >= 0.3 is 5.97 Å². The van der Waals surface area contributed by atoms with E-state index in [2.05, 4.69) is 12.8 Å². The molecule has 2 aliphatic rings. The quantitative estimate of drug-likeness (QED) is 0.569. The molecule has 0 aromatic rings. The largest absolute Gasteiger partial charge is 0.462 e. The maximum Gasteiger partial charge on any atom is 0.318 e. The van der Waals surface area contributed by atoms with Gasteiger partial charge in [0.2, 0.25) is 0 Å². The Balaban J connectivity index is 1.70. The molecule has 0 N–H and O–H groups in total. The zero-order valence-corrected chi connectivity index (χ0v) is 12.1. The Hall–Kier alpha value is -0.970. The molecule has 0 saturated heterocycles. The molecule has 0 aromatic carbocycles. The van der Waals surface area contributed by atoms with Gasteiger partial charge in [0.1, 0.15) is 12.5 Å². The first-order valence-corrected chi connectivity index (χ1v) is 7.82. The standard InChI is InChI=1S/C17H26O2/c1-3-4-17(18)19-16-11-9-15(10-12-16)14-7-5-13(2)6-8-14/h1,13-16H,4-12H2,2H3. The maximum absolute atomic E-state index is 11.4. The van der Waals surface area contributed by atoms with Crippen molar-refractivity contribution >= 4 is 5.97 Å². The number of rotatable bonds is 3. The van der Waals surface area contributed by atoms with Crippen molar-refractivity contribution in [2.45, 2.75) is 70.8 Å². The van der Waals surface area contributed by atoms with Crippen LogP contribution < -0.4 is 0 Å². The summed E-state index contributed by atoms with van der Waals surface area (Å²) >= 11 is 0. The van der Waals surface area contributed by atoms with Crippen LogP contribution in [0.15, 0.2) is 0 Å². The van der Waals surface area contributed by atoms with Crippen molar-refractivity contribution in [2.75, 3.05) is 0 Å². The van der Waals surface area contributed by atoms with Crippen molar-refractivity contribution in [3.05, 3.63) is 0 Å². The highest BCUT2D eigenvalue weighted by molar-refractivity contribution is 5.72. The van der Waals surface area contributed by atoms with Gasteiger partial charge in [-0.05, 0) is 56.3 Å². The molecule has 0 spiro atoms. The number of terminal acetylenes is 1. The Kier molecular flexibility index (Phi) is 5.31. The monoisotopic (exact) mass is 262 g/mol. The van der Waals surface area contributed by atoms with Crippen LogP contribution in [0.25, 0.3) is 0 Å². The molecular formula is C17H26O2. The summed E-state index contributed by atoms with van der Waals surface area (Å²) in [7, 11) is 0. The number of carbonyl (C=O) groups excluding carboxylic acids is 1. The first-order chi connectivity index (χ1) is 9.19. The van der Waals surface area contributed by atoms with E-state index in [9.17, 15) is 4.79 Å². The number of hydrogen-bond acceptors (Lipinski definition) is 2. The Morgan fingerprint density at radius 1 is 1.05 bits per heavy atom. The molecule has 2 aliphatic carbocycles. The van der Waals surface area contributed by atoms with Crippen LogP contribution in [0.5, 0.6) is 0 Å². The fraction of sp³-hybridized carbons (Fsp3) is 0.824. The number of ether oxygens (including phenoxy) is 1. The van der Waals surface area contributed by atoms with Gasteiger partial charge in [0, 0.05) is 0 Å². The summed E-state index contributed by atoms with van der Waals surface area (Å²) in [5.41, 5.74) is 0. The van der Waals surface area contributed by atoms with Crippen LogP contribution in [0.1, 0.15) is 64.7 Å². The van der Waals surface area contributed by atoms with E-state index in [1.165, 1.54) is 38.5 Å². The lowest BCUT2D eigenvalue weighted by atomic mass is 9.71. The highest BCUT2D eigenvalue weighted by atomic mass is 16.5. The van der Waals surface area contributed by atoms with Gasteiger partial charge in [-0.2, -0.15) is 0 Å². The van der Waals surface area contributed by atoms with Crippen molar-refractivity contribution < 1.29 is 9.53 Å². The highest BCUT2D eigenvalue weighted by Gasteiger charge is 2.30. The molecule has 2 saturated carbocycles. The molecule has 0 bridgehead atoms. The molecule has 0 heterocycles. The Morgan fingerprint density at radius 3 is 2.11 bits per heavy atom. The van der Waals surface area contributed by atoms with Crippen LogP contribution in [0.4, 0.5) is 0 Å². The van der Waals surface area contributed by atoms with Crippen molar-refractivity contribution in [3.8, 4) is 12.3 Å². The average Bonchev–Trinajstić information content (AvgIpc) is 2.41. The van der Waals surface area contributed by atoms with E-state index in [4.69, 9.17) is 11.2 Å². The van der Waals surface area contributed by atoms with E-state index in [0.29, 0.717) is 0 Å². The van der Waals surface area contributed by atoms with Crippen molar-refractivity contribution in [1.82, 2.24) is 0 Å². The third kappa shape index (κ3) is 4.27. The lowest BCUT2D eigenvalue weighted by molar-refractivity contribution is -0.149.